The maximum absolute atomic E-state index is 6.10. The van der Waals surface area contributed by atoms with Crippen LogP contribution in [-0.4, -0.2) is 34.5 Å². The molecule has 1 aromatic carbocycles. The van der Waals surface area contributed by atoms with Crippen molar-refractivity contribution in [3.63, 3.8) is 0 Å². The molecule has 2 nitrogen and oxygen atoms in total. The van der Waals surface area contributed by atoms with Crippen molar-refractivity contribution in [3.05, 3.63) is 34.3 Å². The first-order valence-corrected chi connectivity index (χ1v) is 8.08. The second kappa shape index (κ2) is 5.32. The van der Waals surface area contributed by atoms with Crippen molar-refractivity contribution in [1.82, 2.24) is 9.80 Å². The van der Waals surface area contributed by atoms with E-state index in [1.807, 2.05) is 6.07 Å². The van der Waals surface area contributed by atoms with Crippen molar-refractivity contribution in [3.8, 4) is 0 Å². The maximum Gasteiger partial charge on any atom is 0.0409 e. The molecular weight excluding hydrogens is 268 g/mol. The number of halogens is 1. The van der Waals surface area contributed by atoms with Gasteiger partial charge in [-0.2, -0.15) is 0 Å². The van der Waals surface area contributed by atoms with Gasteiger partial charge in [0.05, 0.1) is 0 Å². The third kappa shape index (κ3) is 2.88. The SMILES string of the molecule is CC(C)(C)N1CCC(N2Cc3ccc(Cl)cc3C2)CC1. The minimum absolute atomic E-state index is 0.312. The predicted octanol–water partition coefficient (Wildman–Crippen LogP) is 3.92. The van der Waals surface area contributed by atoms with E-state index in [4.69, 9.17) is 11.6 Å². The van der Waals surface area contributed by atoms with Crippen LogP contribution in [0.4, 0.5) is 0 Å². The molecule has 0 spiro atoms. The average molecular weight is 293 g/mol. The molecule has 0 atom stereocenters. The molecule has 0 aromatic heterocycles. The topological polar surface area (TPSA) is 6.48 Å². The molecule has 2 aliphatic heterocycles. The second-order valence-corrected chi connectivity index (χ2v) is 7.64. The first-order chi connectivity index (χ1) is 9.43. The lowest BCUT2D eigenvalue weighted by atomic mass is 9.97. The zero-order chi connectivity index (χ0) is 14.3. The second-order valence-electron chi connectivity index (χ2n) is 7.21. The van der Waals surface area contributed by atoms with Crippen LogP contribution in [0.5, 0.6) is 0 Å². The van der Waals surface area contributed by atoms with Gasteiger partial charge in [-0.15, -0.1) is 0 Å². The summed E-state index contributed by atoms with van der Waals surface area (Å²) in [5.74, 6) is 0. The summed E-state index contributed by atoms with van der Waals surface area (Å²) in [6.45, 7) is 11.6. The third-order valence-electron chi connectivity index (χ3n) is 4.84. The van der Waals surface area contributed by atoms with E-state index >= 15 is 0 Å². The Kier molecular flexibility index (Phi) is 3.83. The van der Waals surface area contributed by atoms with E-state index in [0.29, 0.717) is 5.54 Å². The number of rotatable bonds is 1. The molecule has 1 fully saturated rings. The fourth-order valence-electron chi connectivity index (χ4n) is 3.55. The first-order valence-electron chi connectivity index (χ1n) is 7.70. The molecule has 0 aliphatic carbocycles. The molecule has 1 aromatic rings. The van der Waals surface area contributed by atoms with E-state index in [0.717, 1.165) is 24.2 Å². The van der Waals surface area contributed by atoms with E-state index in [9.17, 15) is 0 Å². The van der Waals surface area contributed by atoms with Crippen molar-refractivity contribution in [2.75, 3.05) is 13.1 Å². The summed E-state index contributed by atoms with van der Waals surface area (Å²) < 4.78 is 0. The van der Waals surface area contributed by atoms with Gasteiger partial charge in [0.1, 0.15) is 0 Å². The highest BCUT2D eigenvalue weighted by molar-refractivity contribution is 6.30. The van der Waals surface area contributed by atoms with Crippen molar-refractivity contribution < 1.29 is 0 Å². The molecule has 3 rings (SSSR count). The van der Waals surface area contributed by atoms with Crippen molar-refractivity contribution in [1.29, 1.82) is 0 Å². The molecule has 2 aliphatic rings. The zero-order valence-corrected chi connectivity index (χ0v) is 13.6. The molecule has 3 heteroatoms. The molecule has 20 heavy (non-hydrogen) atoms. The molecule has 0 unspecified atom stereocenters. The Morgan fingerprint density at radius 1 is 1.05 bits per heavy atom. The quantitative estimate of drug-likeness (QED) is 0.774. The highest BCUT2D eigenvalue weighted by Crippen LogP contribution is 2.31. The average Bonchev–Trinajstić information content (AvgIpc) is 2.80. The molecular formula is C17H25ClN2. The Morgan fingerprint density at radius 2 is 1.70 bits per heavy atom. The van der Waals surface area contributed by atoms with Crippen LogP contribution in [0.3, 0.4) is 0 Å². The minimum Gasteiger partial charge on any atom is -0.298 e. The van der Waals surface area contributed by atoms with E-state index in [-0.39, 0.29) is 0 Å². The molecule has 0 N–H and O–H groups in total. The molecule has 2 heterocycles. The van der Waals surface area contributed by atoms with E-state index < -0.39 is 0 Å². The smallest absolute Gasteiger partial charge is 0.0409 e. The number of fused-ring (bicyclic) bond motifs is 1. The van der Waals surface area contributed by atoms with Crippen LogP contribution >= 0.6 is 11.6 Å². The van der Waals surface area contributed by atoms with E-state index in [1.165, 1.54) is 37.1 Å². The summed E-state index contributed by atoms with van der Waals surface area (Å²) in [5.41, 5.74) is 3.20. The van der Waals surface area contributed by atoms with Crippen LogP contribution in [0.2, 0.25) is 5.02 Å². The van der Waals surface area contributed by atoms with Gasteiger partial charge in [-0.1, -0.05) is 17.7 Å². The van der Waals surface area contributed by atoms with Crippen LogP contribution in [0.15, 0.2) is 18.2 Å². The third-order valence-corrected chi connectivity index (χ3v) is 5.08. The lowest BCUT2D eigenvalue weighted by Gasteiger charge is -2.43. The zero-order valence-electron chi connectivity index (χ0n) is 12.8. The van der Waals surface area contributed by atoms with E-state index in [1.54, 1.807) is 0 Å². The Bertz CT molecular complexity index is 484. The summed E-state index contributed by atoms with van der Waals surface area (Å²) in [7, 11) is 0. The van der Waals surface area contributed by atoms with E-state index in [2.05, 4.69) is 42.7 Å². The number of nitrogens with zero attached hydrogens (tertiary/aromatic N) is 2. The molecule has 1 saturated heterocycles. The van der Waals surface area contributed by atoms with Crippen LogP contribution in [0, 0.1) is 0 Å². The van der Waals surface area contributed by atoms with Gasteiger partial charge in [-0.25, -0.2) is 0 Å². The van der Waals surface area contributed by atoms with Gasteiger partial charge in [0.25, 0.3) is 0 Å². The Morgan fingerprint density at radius 3 is 2.35 bits per heavy atom. The Hall–Kier alpha value is -0.570. The fourth-order valence-corrected chi connectivity index (χ4v) is 3.74. The Labute approximate surface area is 127 Å². The number of likely N-dealkylation sites (tertiary alicyclic amines) is 1. The summed E-state index contributed by atoms with van der Waals surface area (Å²) in [6, 6.07) is 7.09. The van der Waals surface area contributed by atoms with Gasteiger partial charge in [0, 0.05) is 42.8 Å². The molecule has 0 radical (unpaired) electrons. The molecule has 110 valence electrons. The highest BCUT2D eigenvalue weighted by Gasteiger charge is 2.32. The van der Waals surface area contributed by atoms with Crippen molar-refractivity contribution in [2.24, 2.45) is 0 Å². The minimum atomic E-state index is 0.312. The summed E-state index contributed by atoms with van der Waals surface area (Å²) in [5, 5.41) is 0.869. The van der Waals surface area contributed by atoms with Gasteiger partial charge in [0.15, 0.2) is 0 Å². The summed E-state index contributed by atoms with van der Waals surface area (Å²) in [4.78, 5) is 5.25. The standard InChI is InChI=1S/C17H25ClN2/c1-17(2,3)20-8-6-16(7-9-20)19-11-13-4-5-15(18)10-14(13)12-19/h4-5,10,16H,6-9,11-12H2,1-3H3. The lowest BCUT2D eigenvalue weighted by Crippen LogP contribution is -2.50. The fraction of sp³-hybridized carbons (Fsp3) is 0.647. The van der Waals surface area contributed by atoms with Crippen LogP contribution in [0.1, 0.15) is 44.7 Å². The molecule has 0 amide bonds. The van der Waals surface area contributed by atoms with Crippen LogP contribution in [-0.2, 0) is 13.1 Å². The molecule has 0 saturated carbocycles. The maximum atomic E-state index is 6.10. The van der Waals surface area contributed by atoms with Crippen LogP contribution < -0.4 is 0 Å². The van der Waals surface area contributed by atoms with Crippen molar-refractivity contribution >= 4 is 11.6 Å². The van der Waals surface area contributed by atoms with Gasteiger partial charge < -0.3 is 0 Å². The molecule has 0 bridgehead atoms. The lowest BCUT2D eigenvalue weighted by molar-refractivity contribution is 0.0551. The van der Waals surface area contributed by atoms with Crippen LogP contribution in [0.25, 0.3) is 0 Å². The number of piperidine rings is 1. The predicted molar refractivity (Wildman–Crippen MR) is 85.0 cm³/mol. The number of hydrogen-bond donors (Lipinski definition) is 0. The van der Waals surface area contributed by atoms with Gasteiger partial charge >= 0.3 is 0 Å². The largest absolute Gasteiger partial charge is 0.298 e. The first kappa shape index (κ1) is 14.4. The van der Waals surface area contributed by atoms with Gasteiger partial charge in [-0.3, -0.25) is 9.80 Å². The summed E-state index contributed by atoms with van der Waals surface area (Å²) in [6.07, 6.45) is 2.58. The number of hydrogen-bond acceptors (Lipinski definition) is 2. The van der Waals surface area contributed by atoms with Gasteiger partial charge in [0.2, 0.25) is 0 Å². The Balaban J connectivity index is 1.61. The van der Waals surface area contributed by atoms with Crippen molar-refractivity contribution in [2.45, 2.75) is 58.3 Å². The highest BCUT2D eigenvalue weighted by atomic mass is 35.5. The number of benzene rings is 1. The van der Waals surface area contributed by atoms with Gasteiger partial charge in [-0.05, 0) is 56.9 Å². The normalized spacial score (nSPS) is 22.2. The monoisotopic (exact) mass is 292 g/mol. The summed E-state index contributed by atoms with van der Waals surface area (Å²) >= 11 is 6.10.